The number of carboxylic acids is 1. The molecule has 20 heavy (non-hydrogen) atoms. The van der Waals surface area contributed by atoms with Crippen LogP contribution >= 0.6 is 23.1 Å². The van der Waals surface area contributed by atoms with Crippen LogP contribution in [0.3, 0.4) is 0 Å². The Kier molecular flexibility index (Phi) is 4.88. The van der Waals surface area contributed by atoms with Crippen molar-refractivity contribution in [3.05, 3.63) is 28.0 Å². The molecule has 6 heteroatoms. The standard InChI is InChI=1S/C14H17NO3S2/c1-14(6-2-7-20-14)9-15-13(18)12-10(5-8-19-12)3-4-11(16)17/h3-5,8H,2,6-7,9H2,1H3,(H,15,18)(H,16,17)/b4-3+. The van der Waals surface area contributed by atoms with Gasteiger partial charge in [0.15, 0.2) is 0 Å². The molecule has 1 aromatic heterocycles. The van der Waals surface area contributed by atoms with Gasteiger partial charge in [-0.05, 0) is 48.6 Å². The molecule has 0 radical (unpaired) electrons. The van der Waals surface area contributed by atoms with Crippen LogP contribution in [0, 0.1) is 0 Å². The Balaban J connectivity index is 1.99. The molecule has 2 N–H and O–H groups in total. The molecule has 108 valence electrons. The topological polar surface area (TPSA) is 66.4 Å². The predicted octanol–water partition coefficient (Wildman–Crippen LogP) is 2.86. The predicted molar refractivity (Wildman–Crippen MR) is 83.4 cm³/mol. The third-order valence-electron chi connectivity index (χ3n) is 3.23. The van der Waals surface area contributed by atoms with Gasteiger partial charge < -0.3 is 10.4 Å². The van der Waals surface area contributed by atoms with Crippen LogP contribution < -0.4 is 5.32 Å². The quantitative estimate of drug-likeness (QED) is 0.821. The van der Waals surface area contributed by atoms with E-state index in [1.165, 1.54) is 23.8 Å². The van der Waals surface area contributed by atoms with Crippen molar-refractivity contribution in [1.29, 1.82) is 0 Å². The average molecular weight is 311 g/mol. The van der Waals surface area contributed by atoms with E-state index in [-0.39, 0.29) is 10.7 Å². The van der Waals surface area contributed by atoms with Crippen molar-refractivity contribution in [3.63, 3.8) is 0 Å². The first kappa shape index (κ1) is 15.1. The highest BCUT2D eigenvalue weighted by molar-refractivity contribution is 8.00. The highest BCUT2D eigenvalue weighted by atomic mass is 32.2. The number of amides is 1. The lowest BCUT2D eigenvalue weighted by Gasteiger charge is -2.22. The Labute approximate surface area is 126 Å². The van der Waals surface area contributed by atoms with E-state index in [2.05, 4.69) is 12.2 Å². The molecule has 1 atom stereocenters. The average Bonchev–Trinajstić information content (AvgIpc) is 3.03. The van der Waals surface area contributed by atoms with Gasteiger partial charge in [0.05, 0.1) is 4.88 Å². The SMILES string of the molecule is CC1(CNC(=O)c2sccc2/C=C/C(=O)O)CCCS1. The van der Waals surface area contributed by atoms with Gasteiger partial charge in [-0.25, -0.2) is 4.79 Å². The van der Waals surface area contributed by atoms with E-state index in [1.807, 2.05) is 11.8 Å². The van der Waals surface area contributed by atoms with Crippen LogP contribution in [0.25, 0.3) is 6.08 Å². The number of nitrogens with one attached hydrogen (secondary N) is 1. The van der Waals surface area contributed by atoms with Gasteiger partial charge in [-0.3, -0.25) is 4.79 Å². The van der Waals surface area contributed by atoms with Crippen LogP contribution in [0.2, 0.25) is 0 Å². The Morgan fingerprint density at radius 1 is 1.55 bits per heavy atom. The monoisotopic (exact) mass is 311 g/mol. The Hall–Kier alpha value is -1.27. The summed E-state index contributed by atoms with van der Waals surface area (Å²) >= 11 is 3.23. The lowest BCUT2D eigenvalue weighted by Crippen LogP contribution is -2.36. The Morgan fingerprint density at radius 2 is 2.35 bits per heavy atom. The normalized spacial score (nSPS) is 22.2. The van der Waals surface area contributed by atoms with E-state index < -0.39 is 5.97 Å². The van der Waals surface area contributed by atoms with Crippen molar-refractivity contribution < 1.29 is 14.7 Å². The number of thioether (sulfide) groups is 1. The van der Waals surface area contributed by atoms with E-state index in [1.54, 1.807) is 11.4 Å². The first-order chi connectivity index (χ1) is 9.50. The van der Waals surface area contributed by atoms with Crippen molar-refractivity contribution in [2.75, 3.05) is 12.3 Å². The van der Waals surface area contributed by atoms with Gasteiger partial charge in [-0.1, -0.05) is 0 Å². The summed E-state index contributed by atoms with van der Waals surface area (Å²) in [5.41, 5.74) is 0.652. The maximum Gasteiger partial charge on any atom is 0.328 e. The molecule has 1 saturated heterocycles. The zero-order chi connectivity index (χ0) is 14.6. The lowest BCUT2D eigenvalue weighted by atomic mass is 10.1. The molecule has 1 aromatic rings. The zero-order valence-corrected chi connectivity index (χ0v) is 12.9. The number of carbonyl (C=O) groups excluding carboxylic acids is 1. The minimum atomic E-state index is -1.02. The number of rotatable bonds is 5. The van der Waals surface area contributed by atoms with E-state index in [0.717, 1.165) is 18.2 Å². The summed E-state index contributed by atoms with van der Waals surface area (Å²) in [5, 5.41) is 13.4. The summed E-state index contributed by atoms with van der Waals surface area (Å²) < 4.78 is 0.129. The summed E-state index contributed by atoms with van der Waals surface area (Å²) in [6, 6.07) is 1.76. The molecule has 4 nitrogen and oxygen atoms in total. The van der Waals surface area contributed by atoms with Gasteiger partial charge >= 0.3 is 5.97 Å². The zero-order valence-electron chi connectivity index (χ0n) is 11.2. The van der Waals surface area contributed by atoms with Gasteiger partial charge in [0, 0.05) is 17.4 Å². The molecule has 0 saturated carbocycles. The van der Waals surface area contributed by atoms with Crippen molar-refractivity contribution >= 4 is 41.1 Å². The fraction of sp³-hybridized carbons (Fsp3) is 0.429. The molecule has 0 bridgehead atoms. The lowest BCUT2D eigenvalue weighted by molar-refractivity contribution is -0.131. The van der Waals surface area contributed by atoms with E-state index in [4.69, 9.17) is 5.11 Å². The fourth-order valence-corrected chi connectivity index (χ4v) is 4.17. The second kappa shape index (κ2) is 6.45. The van der Waals surface area contributed by atoms with E-state index in [0.29, 0.717) is 17.0 Å². The molecule has 2 rings (SSSR count). The summed E-state index contributed by atoms with van der Waals surface area (Å²) in [6.45, 7) is 2.82. The molecule has 1 fully saturated rings. The third kappa shape index (κ3) is 3.86. The minimum Gasteiger partial charge on any atom is -0.478 e. The van der Waals surface area contributed by atoms with Gasteiger partial charge in [0.1, 0.15) is 0 Å². The van der Waals surface area contributed by atoms with Crippen LogP contribution in [0.15, 0.2) is 17.5 Å². The number of thiophene rings is 1. The number of carboxylic acid groups (broad SMARTS) is 1. The third-order valence-corrected chi connectivity index (χ3v) is 5.70. The number of carbonyl (C=O) groups is 2. The fourth-order valence-electron chi connectivity index (χ4n) is 2.12. The first-order valence-electron chi connectivity index (χ1n) is 6.41. The number of hydrogen-bond donors (Lipinski definition) is 2. The second-order valence-electron chi connectivity index (χ2n) is 4.96. The van der Waals surface area contributed by atoms with Crippen molar-refractivity contribution in [1.82, 2.24) is 5.32 Å². The van der Waals surface area contributed by atoms with Gasteiger partial charge in [0.25, 0.3) is 5.91 Å². The Morgan fingerprint density at radius 3 is 3.00 bits per heavy atom. The van der Waals surface area contributed by atoms with E-state index in [9.17, 15) is 9.59 Å². The molecule has 0 spiro atoms. The van der Waals surface area contributed by atoms with Gasteiger partial charge in [-0.15, -0.1) is 11.3 Å². The van der Waals surface area contributed by atoms with Crippen LogP contribution in [0.1, 0.15) is 35.0 Å². The van der Waals surface area contributed by atoms with Crippen LogP contribution in [-0.4, -0.2) is 34.0 Å². The Bertz CT molecular complexity index is 530. The maximum absolute atomic E-state index is 12.2. The van der Waals surface area contributed by atoms with Crippen molar-refractivity contribution in [3.8, 4) is 0 Å². The molecular weight excluding hydrogens is 294 g/mol. The summed E-state index contributed by atoms with van der Waals surface area (Å²) in [6.07, 6.45) is 4.82. The number of aliphatic carboxylic acids is 1. The molecule has 2 heterocycles. The van der Waals surface area contributed by atoms with Crippen molar-refractivity contribution in [2.45, 2.75) is 24.5 Å². The number of hydrogen-bond acceptors (Lipinski definition) is 4. The van der Waals surface area contributed by atoms with Crippen molar-refractivity contribution in [2.24, 2.45) is 0 Å². The molecule has 0 aliphatic carbocycles. The van der Waals surface area contributed by atoms with Crippen LogP contribution in [-0.2, 0) is 4.79 Å². The molecule has 1 aliphatic heterocycles. The first-order valence-corrected chi connectivity index (χ1v) is 8.27. The molecule has 1 unspecified atom stereocenters. The van der Waals surface area contributed by atoms with Crippen LogP contribution in [0.4, 0.5) is 0 Å². The summed E-state index contributed by atoms with van der Waals surface area (Å²) in [5.74, 6) is 0.00835. The van der Waals surface area contributed by atoms with Crippen LogP contribution in [0.5, 0.6) is 0 Å². The largest absolute Gasteiger partial charge is 0.478 e. The smallest absolute Gasteiger partial charge is 0.328 e. The molecule has 0 aromatic carbocycles. The van der Waals surface area contributed by atoms with Gasteiger partial charge in [0.2, 0.25) is 0 Å². The molecular formula is C14H17NO3S2. The van der Waals surface area contributed by atoms with E-state index >= 15 is 0 Å². The van der Waals surface area contributed by atoms with Gasteiger partial charge in [-0.2, -0.15) is 11.8 Å². The molecule has 1 amide bonds. The minimum absolute atomic E-state index is 0.126. The highest BCUT2D eigenvalue weighted by Gasteiger charge is 2.30. The highest BCUT2D eigenvalue weighted by Crippen LogP contribution is 2.37. The second-order valence-corrected chi connectivity index (χ2v) is 7.56. The maximum atomic E-state index is 12.2. The molecule has 1 aliphatic rings. The summed E-state index contributed by atoms with van der Waals surface area (Å²) in [7, 11) is 0. The summed E-state index contributed by atoms with van der Waals surface area (Å²) in [4.78, 5) is 23.3.